The molecule has 0 aliphatic carbocycles. The van der Waals surface area contributed by atoms with Crippen LogP contribution in [0.3, 0.4) is 0 Å². The summed E-state index contributed by atoms with van der Waals surface area (Å²) in [5, 5.41) is 19.5. The Morgan fingerprint density at radius 3 is 2.54 bits per heavy atom. The minimum absolute atomic E-state index is 0.00456. The quantitative estimate of drug-likeness (QED) is 0.155. The van der Waals surface area contributed by atoms with Crippen LogP contribution in [0.5, 0.6) is 11.8 Å². The Balaban J connectivity index is 0.771. The van der Waals surface area contributed by atoms with Crippen molar-refractivity contribution >= 4 is 45.1 Å². The number of aromatic hydroxyl groups is 1. The molecule has 3 atom stereocenters. The van der Waals surface area contributed by atoms with Crippen molar-refractivity contribution in [2.75, 3.05) is 68.8 Å². The average molecular weight is 863 g/mol. The number of piperazine rings is 1. The molecule has 0 radical (unpaired) electrons. The minimum atomic E-state index is -0.758. The molecule has 5 saturated heterocycles. The van der Waals surface area contributed by atoms with Crippen LogP contribution < -0.4 is 25.6 Å². The first-order chi connectivity index (χ1) is 30.6. The number of carbonyl (C=O) groups excluding carboxylic acids is 2. The molecule has 0 spiro atoms. The highest BCUT2D eigenvalue weighted by atomic mass is 19.1. The number of hydrogen-bond donors (Lipinski definition) is 3. The number of pyridine rings is 1. The summed E-state index contributed by atoms with van der Waals surface area (Å²) in [6, 6.07) is 7.31. The molecule has 3 aromatic heterocycles. The molecule has 5 aliphatic heterocycles. The molecule has 328 valence electrons. The van der Waals surface area contributed by atoms with E-state index in [0.29, 0.717) is 73.9 Å². The van der Waals surface area contributed by atoms with Crippen LogP contribution in [0.15, 0.2) is 41.1 Å². The molecule has 63 heavy (non-hydrogen) atoms. The number of hydrogen-bond acceptors (Lipinski definition) is 14. The van der Waals surface area contributed by atoms with Crippen LogP contribution in [0.1, 0.15) is 49.8 Å². The third kappa shape index (κ3) is 8.05. The van der Waals surface area contributed by atoms with Crippen LogP contribution in [0.2, 0.25) is 0 Å². The Kier molecular flexibility index (Phi) is 10.9. The summed E-state index contributed by atoms with van der Waals surface area (Å²) in [7, 11) is 0. The Labute approximate surface area is 361 Å². The molecule has 16 nitrogen and oxygen atoms in total. The smallest absolute Gasteiger partial charge is 0.319 e. The fourth-order valence-corrected chi connectivity index (χ4v) is 9.90. The number of nitrogens with zero attached hydrogens (tertiary/aromatic N) is 8. The van der Waals surface area contributed by atoms with Gasteiger partial charge < -0.3 is 44.9 Å². The van der Waals surface area contributed by atoms with E-state index in [0.717, 1.165) is 45.2 Å². The van der Waals surface area contributed by atoms with E-state index in [-0.39, 0.29) is 82.7 Å². The summed E-state index contributed by atoms with van der Waals surface area (Å²) < 4.78 is 49.9. The number of anilines is 2. The molecule has 3 unspecified atom stereocenters. The number of nitrogens with two attached hydrogens (primary N) is 1. The van der Waals surface area contributed by atoms with E-state index in [1.54, 1.807) is 6.07 Å². The number of aromatic nitrogens is 4. The first-order valence-electron chi connectivity index (χ1n) is 21.7. The number of phenols is 1. The Hall–Kier alpha value is -6.16. The van der Waals surface area contributed by atoms with E-state index < -0.39 is 23.6 Å². The molecule has 0 saturated carbocycles. The zero-order valence-corrected chi connectivity index (χ0v) is 34.6. The number of carbonyl (C=O) groups is 2. The second-order valence-electron chi connectivity index (χ2n) is 17.2. The molecule has 10 rings (SSSR count). The fourth-order valence-electron chi connectivity index (χ4n) is 9.90. The molecule has 2 aromatic carbocycles. The van der Waals surface area contributed by atoms with Gasteiger partial charge in [0, 0.05) is 87.7 Å². The first kappa shape index (κ1) is 40.9. The number of amides is 2. The van der Waals surface area contributed by atoms with E-state index in [2.05, 4.69) is 41.1 Å². The summed E-state index contributed by atoms with van der Waals surface area (Å²) in [4.78, 5) is 46.5. The standard InChI is InChI=1S/C45H48F2N10O6/c1-2-32-35(46)8-5-25-16-28(58)17-33(39(25)32)41-40(47)42-34(20-49-41)44(56-21-26-6-7-27(22-56)50-26)52-45(51-42)61-15-14-54-12-9-29(10-13-54)62-31-23-55(24-31)37-18-30(63-53-37)19-38(59)57-11-3-4-36(57)43(48)60/h1,5,8,16-18,20,26-27,29,31,36,50,58H,3-4,6-7,9-15,19,21-24H2,(H2,48,60). The number of likely N-dealkylation sites (tertiary alicyclic amines) is 2. The van der Waals surface area contributed by atoms with E-state index in [9.17, 15) is 19.1 Å². The number of rotatable bonds is 12. The van der Waals surface area contributed by atoms with Crippen molar-refractivity contribution in [3.05, 3.63) is 59.5 Å². The van der Waals surface area contributed by atoms with E-state index >= 15 is 4.39 Å². The lowest BCUT2D eigenvalue weighted by Crippen LogP contribution is -2.54. The van der Waals surface area contributed by atoms with Gasteiger partial charge in [-0.3, -0.25) is 19.5 Å². The number of halogens is 2. The number of fused-ring (bicyclic) bond motifs is 4. The molecule has 4 N–H and O–H groups in total. The summed E-state index contributed by atoms with van der Waals surface area (Å²) in [6.07, 6.45) is 12.6. The third-order valence-electron chi connectivity index (χ3n) is 13.1. The normalized spacial score (nSPS) is 21.9. The van der Waals surface area contributed by atoms with Crippen LogP contribution in [-0.4, -0.2) is 136 Å². The van der Waals surface area contributed by atoms with Crippen LogP contribution in [-0.2, 0) is 20.7 Å². The number of terminal acetylenes is 1. The van der Waals surface area contributed by atoms with Crippen molar-refractivity contribution in [1.82, 2.24) is 35.2 Å². The van der Waals surface area contributed by atoms with E-state index in [1.807, 2.05) is 0 Å². The number of piperidine rings is 1. The van der Waals surface area contributed by atoms with Gasteiger partial charge in [0.2, 0.25) is 11.8 Å². The zero-order chi connectivity index (χ0) is 43.4. The Morgan fingerprint density at radius 2 is 1.78 bits per heavy atom. The number of primary amides is 1. The fraction of sp³-hybridized carbons (Fsp3) is 0.467. The van der Waals surface area contributed by atoms with Gasteiger partial charge in [-0.15, -0.1) is 6.42 Å². The van der Waals surface area contributed by atoms with Crippen LogP contribution >= 0.6 is 0 Å². The average Bonchev–Trinajstić information content (AvgIpc) is 4.03. The predicted octanol–water partition coefficient (Wildman–Crippen LogP) is 3.51. The lowest BCUT2D eigenvalue weighted by atomic mass is 9.96. The lowest BCUT2D eigenvalue weighted by molar-refractivity contribution is -0.137. The maximum absolute atomic E-state index is 16.9. The molecule has 5 aromatic rings. The Bertz CT molecular complexity index is 2610. The van der Waals surface area contributed by atoms with Crippen molar-refractivity contribution in [2.24, 2.45) is 5.73 Å². The van der Waals surface area contributed by atoms with Crippen LogP contribution in [0.25, 0.3) is 32.9 Å². The van der Waals surface area contributed by atoms with E-state index in [4.69, 9.17) is 31.1 Å². The van der Waals surface area contributed by atoms with Gasteiger partial charge in [0.15, 0.2) is 11.6 Å². The molecule has 2 bridgehead atoms. The molecule has 5 aliphatic rings. The highest BCUT2D eigenvalue weighted by Crippen LogP contribution is 2.39. The predicted molar refractivity (Wildman–Crippen MR) is 228 cm³/mol. The zero-order valence-electron chi connectivity index (χ0n) is 34.6. The van der Waals surface area contributed by atoms with Gasteiger partial charge in [0.25, 0.3) is 0 Å². The van der Waals surface area contributed by atoms with Gasteiger partial charge in [0.1, 0.15) is 47.0 Å². The molecule has 8 heterocycles. The summed E-state index contributed by atoms with van der Waals surface area (Å²) in [5.74, 6) is 1.80. The van der Waals surface area contributed by atoms with Crippen molar-refractivity contribution in [2.45, 2.75) is 75.3 Å². The van der Waals surface area contributed by atoms with Gasteiger partial charge in [-0.05, 0) is 62.1 Å². The van der Waals surface area contributed by atoms with Gasteiger partial charge in [-0.25, -0.2) is 8.78 Å². The molecular weight excluding hydrogens is 815 g/mol. The van der Waals surface area contributed by atoms with Crippen molar-refractivity contribution in [1.29, 1.82) is 0 Å². The highest BCUT2D eigenvalue weighted by Gasteiger charge is 2.37. The van der Waals surface area contributed by atoms with Crippen molar-refractivity contribution < 1.29 is 37.5 Å². The largest absolute Gasteiger partial charge is 0.508 e. The number of phenolic OH excluding ortho intramolecular Hbond substituents is 1. The maximum atomic E-state index is 16.9. The van der Waals surface area contributed by atoms with Crippen LogP contribution in [0.4, 0.5) is 20.4 Å². The van der Waals surface area contributed by atoms with Gasteiger partial charge in [-0.2, -0.15) is 9.97 Å². The second-order valence-corrected chi connectivity index (χ2v) is 17.2. The molecule has 18 heteroatoms. The maximum Gasteiger partial charge on any atom is 0.319 e. The summed E-state index contributed by atoms with van der Waals surface area (Å²) in [5.41, 5.74) is 5.45. The third-order valence-corrected chi connectivity index (χ3v) is 13.1. The molecule has 2 amide bonds. The van der Waals surface area contributed by atoms with Crippen molar-refractivity contribution in [3.63, 3.8) is 0 Å². The lowest BCUT2D eigenvalue weighted by Gasteiger charge is -2.42. The first-order valence-corrected chi connectivity index (χ1v) is 21.7. The SMILES string of the molecule is C#Cc1c(F)ccc2cc(O)cc(-c3ncc4c(N5CC6CCC(C5)N6)nc(OCCN5CCC(OC6CN(c7cc(CC(=O)N8CCCC8C(N)=O)on7)C6)CC5)nc4c3F)c12. The highest BCUT2D eigenvalue weighted by molar-refractivity contribution is 6.03. The number of benzene rings is 2. The van der Waals surface area contributed by atoms with Gasteiger partial charge in [-0.1, -0.05) is 17.1 Å². The Morgan fingerprint density at radius 1 is 0.984 bits per heavy atom. The molecular formula is C45H48F2N10O6. The number of ether oxygens (including phenoxy) is 2. The monoisotopic (exact) mass is 862 g/mol. The summed E-state index contributed by atoms with van der Waals surface area (Å²) in [6.45, 7) is 5.73. The minimum Gasteiger partial charge on any atom is -0.508 e. The summed E-state index contributed by atoms with van der Waals surface area (Å²) >= 11 is 0. The second kappa shape index (κ2) is 16.8. The van der Waals surface area contributed by atoms with E-state index in [1.165, 1.54) is 35.4 Å². The van der Waals surface area contributed by atoms with Crippen molar-refractivity contribution in [3.8, 4) is 35.4 Å². The van der Waals surface area contributed by atoms with Gasteiger partial charge in [0.05, 0.1) is 29.6 Å². The van der Waals surface area contributed by atoms with Crippen LogP contribution in [0, 0.1) is 24.0 Å². The van der Waals surface area contributed by atoms with Gasteiger partial charge >= 0.3 is 6.01 Å². The topological polar surface area (TPSA) is 189 Å². The number of nitrogens with one attached hydrogen (secondary N) is 1. The molecule has 5 fully saturated rings.